The average molecular weight is 347 g/mol. The number of nitrogens with one attached hydrogen (secondary N) is 1. The summed E-state index contributed by atoms with van der Waals surface area (Å²) in [6.07, 6.45) is 0. The summed E-state index contributed by atoms with van der Waals surface area (Å²) in [4.78, 5) is 28.4. The number of benzene rings is 1. The Kier molecular flexibility index (Phi) is 6.42. The molecule has 0 unspecified atom stereocenters. The maximum atomic E-state index is 12.3. The van der Waals surface area contributed by atoms with Crippen LogP contribution in [0.2, 0.25) is 0 Å². The van der Waals surface area contributed by atoms with Gasteiger partial charge in [-0.15, -0.1) is 0 Å². The van der Waals surface area contributed by atoms with E-state index in [2.05, 4.69) is 10.2 Å². The fourth-order valence-corrected chi connectivity index (χ4v) is 2.75. The summed E-state index contributed by atoms with van der Waals surface area (Å²) in [6, 6.07) is 7.78. The normalized spacial score (nSPS) is 15.0. The van der Waals surface area contributed by atoms with E-state index in [9.17, 15) is 9.59 Å². The summed E-state index contributed by atoms with van der Waals surface area (Å²) in [5.74, 6) is -0.202. The minimum Gasteiger partial charge on any atom is -0.378 e. The second kappa shape index (κ2) is 8.34. The highest BCUT2D eigenvalue weighted by molar-refractivity contribution is 5.95. The summed E-state index contributed by atoms with van der Waals surface area (Å²) >= 11 is 0. The number of hydrogen-bond acceptors (Lipinski definition) is 4. The van der Waals surface area contributed by atoms with E-state index in [1.54, 1.807) is 4.90 Å². The van der Waals surface area contributed by atoms with E-state index >= 15 is 0 Å². The van der Waals surface area contributed by atoms with E-state index in [0.717, 1.165) is 37.7 Å². The third-order valence-electron chi connectivity index (χ3n) is 4.17. The van der Waals surface area contributed by atoms with E-state index in [0.29, 0.717) is 6.54 Å². The number of amides is 2. The molecule has 1 N–H and O–H groups in total. The summed E-state index contributed by atoms with van der Waals surface area (Å²) in [7, 11) is 0. The average Bonchev–Trinajstić information content (AvgIpc) is 2.59. The van der Waals surface area contributed by atoms with Crippen molar-refractivity contribution in [2.45, 2.75) is 27.7 Å². The predicted octanol–water partition coefficient (Wildman–Crippen LogP) is 2.36. The largest absolute Gasteiger partial charge is 0.378 e. The quantitative estimate of drug-likeness (QED) is 0.888. The Morgan fingerprint density at radius 3 is 2.28 bits per heavy atom. The van der Waals surface area contributed by atoms with E-state index < -0.39 is 5.41 Å². The van der Waals surface area contributed by atoms with E-state index in [1.165, 1.54) is 0 Å². The lowest BCUT2D eigenvalue weighted by molar-refractivity contribution is -0.141. The molecule has 2 rings (SSSR count). The van der Waals surface area contributed by atoms with Crippen molar-refractivity contribution < 1.29 is 14.3 Å². The lowest BCUT2D eigenvalue weighted by Gasteiger charge is -2.29. The van der Waals surface area contributed by atoms with Crippen LogP contribution < -0.4 is 10.2 Å². The summed E-state index contributed by atoms with van der Waals surface area (Å²) in [5, 5.41) is 2.87. The van der Waals surface area contributed by atoms with Gasteiger partial charge in [0, 0.05) is 36.4 Å². The van der Waals surface area contributed by atoms with E-state index in [-0.39, 0.29) is 18.4 Å². The molecular weight excluding hydrogens is 318 g/mol. The number of ether oxygens (including phenoxy) is 1. The number of carbonyl (C=O) groups is 2. The van der Waals surface area contributed by atoms with Crippen LogP contribution in [0.3, 0.4) is 0 Å². The standard InChI is InChI=1S/C19H29N3O3/c1-5-21(18(24)19(2,3)4)14-17(23)20-15-6-8-16(9-7-15)22-10-12-25-13-11-22/h6-9H,5,10-14H2,1-4H3,(H,20,23). The molecule has 25 heavy (non-hydrogen) atoms. The summed E-state index contributed by atoms with van der Waals surface area (Å²) < 4.78 is 5.36. The fraction of sp³-hybridized carbons (Fsp3) is 0.579. The Hall–Kier alpha value is -2.08. The predicted molar refractivity (Wildman–Crippen MR) is 99.8 cm³/mol. The molecule has 0 aromatic heterocycles. The Balaban J connectivity index is 1.92. The highest BCUT2D eigenvalue weighted by Crippen LogP contribution is 2.20. The number of nitrogens with zero attached hydrogens (tertiary/aromatic N) is 2. The summed E-state index contributed by atoms with van der Waals surface area (Å²) in [6.45, 7) is 11.3. The van der Waals surface area contributed by atoms with Gasteiger partial charge in [0.1, 0.15) is 0 Å². The molecular formula is C19H29N3O3. The first-order chi connectivity index (χ1) is 11.8. The molecule has 0 aliphatic carbocycles. The number of likely N-dealkylation sites (N-methyl/N-ethyl adjacent to an activating group) is 1. The molecule has 6 heteroatoms. The number of anilines is 2. The Bertz CT molecular complexity index is 587. The molecule has 1 saturated heterocycles. The van der Waals surface area contributed by atoms with E-state index in [4.69, 9.17) is 4.74 Å². The lowest BCUT2D eigenvalue weighted by atomic mass is 9.94. The Morgan fingerprint density at radius 2 is 1.76 bits per heavy atom. The first-order valence-corrected chi connectivity index (χ1v) is 8.83. The maximum Gasteiger partial charge on any atom is 0.243 e. The number of morpholine rings is 1. The molecule has 0 spiro atoms. The molecule has 0 radical (unpaired) electrons. The highest BCUT2D eigenvalue weighted by Gasteiger charge is 2.27. The zero-order chi connectivity index (χ0) is 18.4. The SMILES string of the molecule is CCN(CC(=O)Nc1ccc(N2CCOCC2)cc1)C(=O)C(C)(C)C. The molecule has 1 aromatic rings. The lowest BCUT2D eigenvalue weighted by Crippen LogP contribution is -2.43. The van der Waals surface area contributed by atoms with Crippen molar-refractivity contribution in [2.75, 3.05) is 49.6 Å². The van der Waals surface area contributed by atoms with Gasteiger partial charge in [0.15, 0.2) is 0 Å². The van der Waals surface area contributed by atoms with Crippen LogP contribution in [0.5, 0.6) is 0 Å². The smallest absolute Gasteiger partial charge is 0.243 e. The van der Waals surface area contributed by atoms with Crippen LogP contribution in [0.4, 0.5) is 11.4 Å². The maximum absolute atomic E-state index is 12.3. The molecule has 2 amide bonds. The molecule has 138 valence electrons. The molecule has 6 nitrogen and oxygen atoms in total. The van der Waals surface area contributed by atoms with Gasteiger partial charge >= 0.3 is 0 Å². The molecule has 1 heterocycles. The van der Waals surface area contributed by atoms with Crippen LogP contribution in [-0.2, 0) is 14.3 Å². The topological polar surface area (TPSA) is 61.9 Å². The first-order valence-electron chi connectivity index (χ1n) is 8.83. The van der Waals surface area contributed by atoms with Gasteiger partial charge in [-0.3, -0.25) is 9.59 Å². The van der Waals surface area contributed by atoms with Crippen LogP contribution in [-0.4, -0.2) is 56.1 Å². The van der Waals surface area contributed by atoms with Gasteiger partial charge in [-0.1, -0.05) is 20.8 Å². The number of rotatable bonds is 5. The van der Waals surface area contributed by atoms with Gasteiger partial charge in [-0.25, -0.2) is 0 Å². The zero-order valence-corrected chi connectivity index (χ0v) is 15.7. The van der Waals surface area contributed by atoms with Crippen molar-refractivity contribution in [2.24, 2.45) is 5.41 Å². The monoisotopic (exact) mass is 347 g/mol. The number of hydrogen-bond donors (Lipinski definition) is 1. The van der Waals surface area contributed by atoms with Crippen LogP contribution in [0.25, 0.3) is 0 Å². The van der Waals surface area contributed by atoms with Gasteiger partial charge in [-0.05, 0) is 31.2 Å². The van der Waals surface area contributed by atoms with Gasteiger partial charge in [-0.2, -0.15) is 0 Å². The molecule has 0 bridgehead atoms. The minimum absolute atomic E-state index is 0.0205. The molecule has 1 aromatic carbocycles. The van der Waals surface area contributed by atoms with Gasteiger partial charge in [0.2, 0.25) is 11.8 Å². The third-order valence-corrected chi connectivity index (χ3v) is 4.17. The molecule has 1 aliphatic heterocycles. The van der Waals surface area contributed by atoms with Crippen molar-refractivity contribution in [1.29, 1.82) is 0 Å². The summed E-state index contributed by atoms with van der Waals surface area (Å²) in [5.41, 5.74) is 1.37. The van der Waals surface area contributed by atoms with Crippen molar-refractivity contribution in [1.82, 2.24) is 4.90 Å². The van der Waals surface area contributed by atoms with Crippen LogP contribution in [0, 0.1) is 5.41 Å². The second-order valence-corrected chi connectivity index (χ2v) is 7.26. The Labute approximate surface area is 150 Å². The third kappa shape index (κ3) is 5.46. The van der Waals surface area contributed by atoms with Gasteiger partial charge in [0.25, 0.3) is 0 Å². The zero-order valence-electron chi connectivity index (χ0n) is 15.7. The minimum atomic E-state index is -0.490. The second-order valence-electron chi connectivity index (χ2n) is 7.26. The Morgan fingerprint density at radius 1 is 1.16 bits per heavy atom. The molecule has 0 atom stereocenters. The van der Waals surface area contributed by atoms with E-state index in [1.807, 2.05) is 52.0 Å². The highest BCUT2D eigenvalue weighted by atomic mass is 16.5. The van der Waals surface area contributed by atoms with Crippen molar-refractivity contribution in [3.63, 3.8) is 0 Å². The van der Waals surface area contributed by atoms with Crippen LogP contribution in [0.15, 0.2) is 24.3 Å². The van der Waals surface area contributed by atoms with Crippen molar-refractivity contribution >= 4 is 23.2 Å². The molecule has 0 saturated carbocycles. The fourth-order valence-electron chi connectivity index (χ4n) is 2.75. The molecule has 1 aliphatic rings. The molecule has 1 fully saturated rings. The van der Waals surface area contributed by atoms with Gasteiger partial charge in [0.05, 0.1) is 19.8 Å². The van der Waals surface area contributed by atoms with Crippen molar-refractivity contribution in [3.8, 4) is 0 Å². The van der Waals surface area contributed by atoms with Crippen LogP contribution >= 0.6 is 0 Å². The van der Waals surface area contributed by atoms with Gasteiger partial charge < -0.3 is 19.9 Å². The van der Waals surface area contributed by atoms with Crippen LogP contribution in [0.1, 0.15) is 27.7 Å². The first kappa shape index (κ1) is 19.2. The van der Waals surface area contributed by atoms with Crippen molar-refractivity contribution in [3.05, 3.63) is 24.3 Å². The number of carbonyl (C=O) groups excluding carboxylic acids is 2.